The van der Waals surface area contributed by atoms with Gasteiger partial charge in [-0.25, -0.2) is 9.59 Å². The van der Waals surface area contributed by atoms with Gasteiger partial charge in [0.15, 0.2) is 0 Å². The average Bonchev–Trinajstić information content (AvgIpc) is 2.92. The summed E-state index contributed by atoms with van der Waals surface area (Å²) in [4.78, 5) is 28.3. The van der Waals surface area contributed by atoms with Crippen molar-refractivity contribution in [3.63, 3.8) is 0 Å². The normalized spacial score (nSPS) is 15.7. The van der Waals surface area contributed by atoms with E-state index < -0.39 is 29.6 Å². The maximum Gasteiger partial charge on any atom is 0.416 e. The maximum atomic E-state index is 13.7. The average molecular weight is 572 g/mol. The van der Waals surface area contributed by atoms with E-state index in [0.717, 1.165) is 12.1 Å². The van der Waals surface area contributed by atoms with Crippen LogP contribution in [0.25, 0.3) is 0 Å². The van der Waals surface area contributed by atoms with Gasteiger partial charge in [-0.15, -0.1) is 0 Å². The molecule has 1 heterocycles. The van der Waals surface area contributed by atoms with E-state index >= 15 is 0 Å². The molecule has 41 heavy (non-hydrogen) atoms. The fourth-order valence-corrected chi connectivity index (χ4v) is 4.45. The van der Waals surface area contributed by atoms with Crippen LogP contribution in [0, 0.1) is 17.2 Å². The summed E-state index contributed by atoms with van der Waals surface area (Å²) in [5.74, 6) is -2.92. The van der Waals surface area contributed by atoms with E-state index in [1.807, 2.05) is 19.9 Å². The third kappa shape index (κ3) is 7.08. The molecule has 0 spiro atoms. The molecule has 3 rings (SSSR count). The number of nitrogens with zero attached hydrogens (tertiary/aromatic N) is 2. The minimum absolute atomic E-state index is 0.0138. The number of alkyl halides is 3. The number of nitriles is 1. The highest BCUT2D eigenvalue weighted by atomic mass is 19.4. The molecule has 8 nitrogen and oxygen atoms in total. The van der Waals surface area contributed by atoms with Gasteiger partial charge in [0, 0.05) is 12.3 Å². The molecular weight excluding hydrogens is 539 g/mol. The number of esters is 2. The minimum Gasteiger partial charge on any atom is -0.463 e. The van der Waals surface area contributed by atoms with Crippen LogP contribution >= 0.6 is 0 Å². The first-order chi connectivity index (χ1) is 19.4. The molecule has 218 valence electrons. The number of nitrogens with two attached hydrogens (primary N) is 1. The molecule has 0 aliphatic carbocycles. The van der Waals surface area contributed by atoms with Crippen LogP contribution < -0.4 is 10.6 Å². The lowest BCUT2D eigenvalue weighted by atomic mass is 9.80. The van der Waals surface area contributed by atoms with Crippen LogP contribution in [0.2, 0.25) is 0 Å². The molecule has 0 aromatic heterocycles. The lowest BCUT2D eigenvalue weighted by molar-refractivity contribution is -0.140. The highest BCUT2D eigenvalue weighted by molar-refractivity contribution is 6.01. The smallest absolute Gasteiger partial charge is 0.416 e. The Hall–Kier alpha value is -4.30. The van der Waals surface area contributed by atoms with E-state index in [9.17, 15) is 28.0 Å². The number of hydrogen-bond donors (Lipinski definition) is 1. The molecule has 1 aliphatic heterocycles. The van der Waals surface area contributed by atoms with Gasteiger partial charge < -0.3 is 19.9 Å². The zero-order valence-electron chi connectivity index (χ0n) is 23.2. The van der Waals surface area contributed by atoms with Crippen LogP contribution in [0.15, 0.2) is 71.2 Å². The van der Waals surface area contributed by atoms with Gasteiger partial charge in [-0.3, -0.25) is 4.90 Å². The Morgan fingerprint density at radius 2 is 1.63 bits per heavy atom. The summed E-state index contributed by atoms with van der Waals surface area (Å²) in [6, 6.07) is 12.6. The fourth-order valence-electron chi connectivity index (χ4n) is 4.45. The van der Waals surface area contributed by atoms with Gasteiger partial charge >= 0.3 is 18.1 Å². The standard InChI is InChI=1S/C30H32F3N3O5/c1-5-40-28(37)25-23(17-39-16-18(3)4)36(22-9-7-8-21(14-22)30(31,32)33)27(35)26(29(38)41-6-2)24(25)20-12-10-19(15-34)11-13-20/h7-14,18,24H,5-6,16-17,35H2,1-4H3. The SMILES string of the molecule is CCOC(=O)C1=C(N)N(c2cccc(C(F)(F)F)c2)C(COCC(C)C)=C(C(=O)OCC)C1c1ccc(C#N)cc1. The monoisotopic (exact) mass is 571 g/mol. The number of carbonyl (C=O) groups excluding carboxylic acids is 2. The molecule has 1 atom stereocenters. The third-order valence-corrected chi connectivity index (χ3v) is 6.16. The summed E-state index contributed by atoms with van der Waals surface area (Å²) in [6.07, 6.45) is -4.67. The van der Waals surface area contributed by atoms with Crippen molar-refractivity contribution in [3.05, 3.63) is 87.9 Å². The number of benzene rings is 2. The van der Waals surface area contributed by atoms with Gasteiger partial charge in [0.1, 0.15) is 5.82 Å². The molecule has 0 bridgehead atoms. The Bertz CT molecular complexity index is 1370. The van der Waals surface area contributed by atoms with Crippen molar-refractivity contribution in [3.8, 4) is 6.07 Å². The maximum absolute atomic E-state index is 13.7. The van der Waals surface area contributed by atoms with Crippen molar-refractivity contribution in [2.45, 2.75) is 39.8 Å². The molecule has 2 N–H and O–H groups in total. The molecule has 1 unspecified atom stereocenters. The second-order valence-electron chi connectivity index (χ2n) is 9.56. The second-order valence-corrected chi connectivity index (χ2v) is 9.56. The first kappa shape index (κ1) is 31.2. The molecule has 0 fully saturated rings. The number of carbonyl (C=O) groups is 2. The first-order valence-electron chi connectivity index (χ1n) is 13.1. The number of hydrogen-bond acceptors (Lipinski definition) is 8. The van der Waals surface area contributed by atoms with Crippen LogP contribution in [-0.2, 0) is 30.0 Å². The van der Waals surface area contributed by atoms with Crippen molar-refractivity contribution < 1.29 is 37.0 Å². The summed E-state index contributed by atoms with van der Waals surface area (Å²) < 4.78 is 57.7. The predicted octanol–water partition coefficient (Wildman–Crippen LogP) is 5.40. The summed E-state index contributed by atoms with van der Waals surface area (Å²) in [5, 5.41) is 9.29. The Kier molecular flexibility index (Phi) is 10.2. The lowest BCUT2D eigenvalue weighted by Crippen LogP contribution is -2.41. The molecule has 0 amide bonds. The van der Waals surface area contributed by atoms with Gasteiger partial charge in [0.25, 0.3) is 0 Å². The third-order valence-electron chi connectivity index (χ3n) is 6.16. The Balaban J connectivity index is 2.41. The number of anilines is 1. The minimum atomic E-state index is -4.67. The fraction of sp³-hybridized carbons (Fsp3) is 0.367. The number of rotatable bonds is 10. The molecule has 0 radical (unpaired) electrons. The zero-order chi connectivity index (χ0) is 30.3. The van der Waals surface area contributed by atoms with Gasteiger partial charge in [-0.05, 0) is 55.7 Å². The van der Waals surface area contributed by atoms with Crippen molar-refractivity contribution in [2.75, 3.05) is 31.3 Å². The van der Waals surface area contributed by atoms with Gasteiger partial charge in [0.2, 0.25) is 0 Å². The Morgan fingerprint density at radius 1 is 1.02 bits per heavy atom. The van der Waals surface area contributed by atoms with Crippen LogP contribution in [0.4, 0.5) is 18.9 Å². The highest BCUT2D eigenvalue weighted by Crippen LogP contribution is 2.44. The van der Waals surface area contributed by atoms with Crippen LogP contribution in [0.3, 0.4) is 0 Å². The van der Waals surface area contributed by atoms with Crippen molar-refractivity contribution in [2.24, 2.45) is 11.7 Å². The van der Waals surface area contributed by atoms with Gasteiger partial charge in [-0.2, -0.15) is 18.4 Å². The summed E-state index contributed by atoms with van der Waals surface area (Å²) >= 11 is 0. The largest absolute Gasteiger partial charge is 0.463 e. The van der Waals surface area contributed by atoms with E-state index in [2.05, 4.69) is 0 Å². The van der Waals surface area contributed by atoms with Crippen molar-refractivity contribution in [1.29, 1.82) is 5.26 Å². The second kappa shape index (κ2) is 13.4. The quantitative estimate of drug-likeness (QED) is 0.377. The number of ether oxygens (including phenoxy) is 3. The topological polar surface area (TPSA) is 115 Å². The van der Waals surface area contributed by atoms with Crippen LogP contribution in [0.5, 0.6) is 0 Å². The molecular formula is C30H32F3N3O5. The number of halogens is 3. The van der Waals surface area contributed by atoms with E-state index in [0.29, 0.717) is 11.1 Å². The molecule has 0 saturated heterocycles. The van der Waals surface area contributed by atoms with E-state index in [1.54, 1.807) is 26.0 Å². The van der Waals surface area contributed by atoms with Gasteiger partial charge in [0.05, 0.1) is 59.8 Å². The highest BCUT2D eigenvalue weighted by Gasteiger charge is 2.43. The van der Waals surface area contributed by atoms with Crippen LogP contribution in [-0.4, -0.2) is 38.4 Å². The molecule has 2 aromatic rings. The molecule has 0 saturated carbocycles. The predicted molar refractivity (Wildman–Crippen MR) is 145 cm³/mol. The van der Waals surface area contributed by atoms with Gasteiger partial charge in [-0.1, -0.05) is 32.0 Å². The first-order valence-corrected chi connectivity index (χ1v) is 13.1. The summed E-state index contributed by atoms with van der Waals surface area (Å²) in [5.41, 5.74) is 6.29. The van der Waals surface area contributed by atoms with Crippen molar-refractivity contribution in [1.82, 2.24) is 0 Å². The van der Waals surface area contributed by atoms with Crippen molar-refractivity contribution >= 4 is 17.6 Å². The zero-order valence-corrected chi connectivity index (χ0v) is 23.2. The van der Waals surface area contributed by atoms with E-state index in [4.69, 9.17) is 19.9 Å². The van der Waals surface area contributed by atoms with E-state index in [1.165, 1.54) is 29.2 Å². The van der Waals surface area contributed by atoms with E-state index in [-0.39, 0.29) is 60.7 Å². The Morgan fingerprint density at radius 3 is 2.17 bits per heavy atom. The lowest BCUT2D eigenvalue weighted by Gasteiger charge is -2.38. The molecule has 1 aliphatic rings. The molecule has 2 aromatic carbocycles. The Labute approximate surface area is 236 Å². The van der Waals surface area contributed by atoms with Crippen LogP contribution in [0.1, 0.15) is 50.3 Å². The molecule has 11 heteroatoms. The summed E-state index contributed by atoms with van der Waals surface area (Å²) in [6.45, 7) is 7.03. The summed E-state index contributed by atoms with van der Waals surface area (Å²) in [7, 11) is 0.